The van der Waals surface area contributed by atoms with Gasteiger partial charge in [0.2, 0.25) is 0 Å². The first-order valence-corrected chi connectivity index (χ1v) is 13.1. The Morgan fingerprint density at radius 1 is 0.657 bits per heavy atom. The number of fused-ring (bicyclic) bond motifs is 1. The summed E-state index contributed by atoms with van der Waals surface area (Å²) in [5, 5.41) is 9.72. The SMILES string of the molecule is CC(C)(C)c1cc(C(C)(C)C)c2oc(C3CC3)nc2c1.CC(C)(C)c1cc(O)cc(C(C)(C)C)c1. The summed E-state index contributed by atoms with van der Waals surface area (Å²) in [5.41, 5.74) is 7.38. The second-order valence-electron chi connectivity index (χ2n) is 14.5. The summed E-state index contributed by atoms with van der Waals surface area (Å²) in [6.45, 7) is 26.5. The summed E-state index contributed by atoms with van der Waals surface area (Å²) >= 11 is 0. The number of nitrogens with zero attached hydrogens (tertiary/aromatic N) is 1. The van der Waals surface area contributed by atoms with E-state index in [4.69, 9.17) is 9.40 Å². The molecule has 0 radical (unpaired) electrons. The highest BCUT2D eigenvalue weighted by atomic mass is 16.3. The molecule has 0 saturated heterocycles. The fourth-order valence-corrected chi connectivity index (χ4v) is 4.02. The molecular weight excluding hydrogens is 430 g/mol. The minimum Gasteiger partial charge on any atom is -0.508 e. The van der Waals surface area contributed by atoms with Gasteiger partial charge in [0.25, 0.3) is 0 Å². The van der Waals surface area contributed by atoms with Crippen LogP contribution < -0.4 is 0 Å². The second kappa shape index (κ2) is 8.98. The number of benzene rings is 2. The Hall–Kier alpha value is -2.29. The van der Waals surface area contributed by atoms with Crippen LogP contribution in [0.25, 0.3) is 11.1 Å². The number of aromatic hydroxyl groups is 1. The number of oxazole rings is 1. The minimum absolute atomic E-state index is 0.0693. The summed E-state index contributed by atoms with van der Waals surface area (Å²) in [6, 6.07) is 10.4. The van der Waals surface area contributed by atoms with E-state index in [1.54, 1.807) is 0 Å². The van der Waals surface area contributed by atoms with Gasteiger partial charge >= 0.3 is 0 Å². The van der Waals surface area contributed by atoms with Crippen molar-refractivity contribution in [1.82, 2.24) is 4.98 Å². The van der Waals surface area contributed by atoms with Crippen LogP contribution >= 0.6 is 0 Å². The van der Waals surface area contributed by atoms with Gasteiger partial charge in [-0.2, -0.15) is 0 Å². The predicted molar refractivity (Wildman–Crippen MR) is 149 cm³/mol. The van der Waals surface area contributed by atoms with Crippen LogP contribution in [0, 0.1) is 0 Å². The van der Waals surface area contributed by atoms with Crippen molar-refractivity contribution in [3.8, 4) is 5.75 Å². The van der Waals surface area contributed by atoms with E-state index in [-0.39, 0.29) is 21.7 Å². The van der Waals surface area contributed by atoms with Gasteiger partial charge in [-0.3, -0.25) is 0 Å². The topological polar surface area (TPSA) is 46.3 Å². The molecule has 1 fully saturated rings. The highest BCUT2D eigenvalue weighted by Crippen LogP contribution is 2.43. The van der Waals surface area contributed by atoms with Crippen molar-refractivity contribution in [3.05, 3.63) is 58.5 Å². The molecule has 0 aliphatic heterocycles. The normalized spacial score (nSPS) is 15.2. The van der Waals surface area contributed by atoms with E-state index in [1.807, 2.05) is 12.1 Å². The zero-order chi connectivity index (χ0) is 26.6. The highest BCUT2D eigenvalue weighted by Gasteiger charge is 2.31. The Morgan fingerprint density at radius 2 is 1.11 bits per heavy atom. The average Bonchev–Trinajstić information content (AvgIpc) is 3.43. The molecule has 192 valence electrons. The van der Waals surface area contributed by atoms with Crippen LogP contribution in [0.3, 0.4) is 0 Å². The summed E-state index contributed by atoms with van der Waals surface area (Å²) in [6.07, 6.45) is 2.45. The zero-order valence-corrected chi connectivity index (χ0v) is 24.2. The molecule has 0 spiro atoms. The van der Waals surface area contributed by atoms with Crippen molar-refractivity contribution in [2.75, 3.05) is 0 Å². The van der Waals surface area contributed by atoms with Gasteiger partial charge in [0.15, 0.2) is 11.5 Å². The van der Waals surface area contributed by atoms with Crippen molar-refractivity contribution in [2.24, 2.45) is 0 Å². The molecule has 1 saturated carbocycles. The van der Waals surface area contributed by atoms with Crippen LogP contribution in [0.2, 0.25) is 0 Å². The summed E-state index contributed by atoms with van der Waals surface area (Å²) in [5.74, 6) is 1.87. The summed E-state index contributed by atoms with van der Waals surface area (Å²) < 4.78 is 6.11. The molecule has 3 heteroatoms. The third-order valence-corrected chi connectivity index (χ3v) is 6.76. The third kappa shape index (κ3) is 6.68. The number of hydrogen-bond acceptors (Lipinski definition) is 3. The molecule has 0 unspecified atom stereocenters. The fraction of sp³-hybridized carbons (Fsp3) is 0.594. The van der Waals surface area contributed by atoms with Crippen LogP contribution in [-0.2, 0) is 21.7 Å². The van der Waals surface area contributed by atoms with E-state index < -0.39 is 0 Å². The molecule has 1 aliphatic carbocycles. The highest BCUT2D eigenvalue weighted by molar-refractivity contribution is 5.79. The molecule has 4 rings (SSSR count). The lowest BCUT2D eigenvalue weighted by Crippen LogP contribution is -2.16. The molecule has 3 aromatic rings. The maximum atomic E-state index is 9.72. The van der Waals surface area contributed by atoms with Crippen LogP contribution in [0.5, 0.6) is 5.75 Å². The quantitative estimate of drug-likeness (QED) is 0.380. The Bertz CT molecular complexity index is 1150. The average molecular weight is 478 g/mol. The molecule has 1 N–H and O–H groups in total. The standard InChI is InChI=1S/C18H25NO.C14H22O/c1-17(2,3)12-9-13(18(4,5)6)15-14(10-12)19-16(20-15)11-7-8-11;1-13(2,3)10-7-11(14(4,5)6)9-12(15)8-10/h9-11H,7-8H2,1-6H3;7-9,15H,1-6H3. The minimum atomic E-state index is 0.0693. The second-order valence-corrected chi connectivity index (χ2v) is 14.5. The maximum Gasteiger partial charge on any atom is 0.198 e. The zero-order valence-electron chi connectivity index (χ0n) is 24.2. The van der Waals surface area contributed by atoms with Crippen molar-refractivity contribution in [2.45, 2.75) is 124 Å². The van der Waals surface area contributed by atoms with E-state index in [9.17, 15) is 5.11 Å². The van der Waals surface area contributed by atoms with Crippen molar-refractivity contribution in [1.29, 1.82) is 0 Å². The first-order chi connectivity index (χ1) is 15.8. The first kappa shape index (κ1) is 27.3. The number of hydrogen-bond donors (Lipinski definition) is 1. The lowest BCUT2D eigenvalue weighted by molar-refractivity contribution is 0.466. The van der Waals surface area contributed by atoms with Crippen LogP contribution in [0.1, 0.15) is 130 Å². The molecule has 1 aliphatic rings. The summed E-state index contributed by atoms with van der Waals surface area (Å²) in [4.78, 5) is 4.76. The molecule has 2 aromatic carbocycles. The number of phenols is 1. The molecule has 1 aromatic heterocycles. The smallest absolute Gasteiger partial charge is 0.198 e. The Kier molecular flexibility index (Phi) is 7.00. The van der Waals surface area contributed by atoms with E-state index in [2.05, 4.69) is 101 Å². The summed E-state index contributed by atoms with van der Waals surface area (Å²) in [7, 11) is 0. The Balaban J connectivity index is 0.000000205. The van der Waals surface area contributed by atoms with Gasteiger partial charge in [-0.05, 0) is 69.4 Å². The maximum absolute atomic E-state index is 9.72. The fourth-order valence-electron chi connectivity index (χ4n) is 4.02. The first-order valence-electron chi connectivity index (χ1n) is 13.1. The van der Waals surface area contributed by atoms with Gasteiger partial charge in [0.05, 0.1) is 0 Å². The molecule has 1 heterocycles. The van der Waals surface area contributed by atoms with E-state index in [0.717, 1.165) is 17.0 Å². The molecule has 35 heavy (non-hydrogen) atoms. The van der Waals surface area contributed by atoms with Crippen molar-refractivity contribution >= 4 is 11.1 Å². The Labute approximate surface area is 213 Å². The van der Waals surface area contributed by atoms with Gasteiger partial charge in [-0.15, -0.1) is 0 Å². The van der Waals surface area contributed by atoms with E-state index in [0.29, 0.717) is 11.7 Å². The molecule has 0 bridgehead atoms. The van der Waals surface area contributed by atoms with Gasteiger partial charge < -0.3 is 9.52 Å². The number of aromatic nitrogens is 1. The Morgan fingerprint density at radius 3 is 1.51 bits per heavy atom. The van der Waals surface area contributed by atoms with Crippen LogP contribution in [0.15, 0.2) is 34.7 Å². The van der Waals surface area contributed by atoms with Crippen LogP contribution in [-0.4, -0.2) is 10.1 Å². The molecule has 0 atom stereocenters. The van der Waals surface area contributed by atoms with Crippen LogP contribution in [0.4, 0.5) is 0 Å². The lowest BCUT2D eigenvalue weighted by Gasteiger charge is -2.25. The number of phenolic OH excluding ortho intramolecular Hbond substituents is 1. The van der Waals surface area contributed by atoms with Gasteiger partial charge in [-0.1, -0.05) is 95.2 Å². The number of rotatable bonds is 1. The monoisotopic (exact) mass is 477 g/mol. The lowest BCUT2D eigenvalue weighted by atomic mass is 9.80. The van der Waals surface area contributed by atoms with E-state index >= 15 is 0 Å². The van der Waals surface area contributed by atoms with Gasteiger partial charge in [0.1, 0.15) is 11.3 Å². The molecule has 3 nitrogen and oxygen atoms in total. The van der Waals surface area contributed by atoms with Crippen molar-refractivity contribution in [3.63, 3.8) is 0 Å². The molecule has 0 amide bonds. The largest absolute Gasteiger partial charge is 0.508 e. The predicted octanol–water partition coefficient (Wildman–Crippen LogP) is 9.29. The molecular formula is C32H47NO2. The third-order valence-electron chi connectivity index (χ3n) is 6.76. The van der Waals surface area contributed by atoms with Gasteiger partial charge in [0, 0.05) is 11.5 Å². The van der Waals surface area contributed by atoms with Crippen molar-refractivity contribution < 1.29 is 9.52 Å². The van der Waals surface area contributed by atoms with Gasteiger partial charge in [-0.25, -0.2) is 4.98 Å². The van der Waals surface area contributed by atoms with E-state index in [1.165, 1.54) is 35.1 Å².